The summed E-state index contributed by atoms with van der Waals surface area (Å²) in [5.41, 5.74) is 1.18. The van der Waals surface area contributed by atoms with E-state index in [-0.39, 0.29) is 30.9 Å². The van der Waals surface area contributed by atoms with Gasteiger partial charge in [0.1, 0.15) is 5.69 Å². The molecule has 1 aliphatic rings. The van der Waals surface area contributed by atoms with Crippen molar-refractivity contribution >= 4 is 50.6 Å². The number of fused-ring (bicyclic) bond motifs is 1. The molecule has 1 aliphatic heterocycles. The van der Waals surface area contributed by atoms with Gasteiger partial charge >= 0.3 is 16.2 Å². The van der Waals surface area contributed by atoms with Crippen LogP contribution in [0, 0.1) is 6.92 Å². The van der Waals surface area contributed by atoms with Crippen LogP contribution in [0.5, 0.6) is 0 Å². The van der Waals surface area contributed by atoms with Crippen LogP contribution in [-0.4, -0.2) is 66.4 Å². The second kappa shape index (κ2) is 11.9. The molecular weight excluding hydrogens is 532 g/mol. The fraction of sp³-hybridized carbons (Fsp3) is 0.560. The van der Waals surface area contributed by atoms with Crippen molar-refractivity contribution in [2.45, 2.75) is 65.0 Å². The number of nitrogens with zero attached hydrogens (tertiary/aromatic N) is 2. The Morgan fingerprint density at radius 1 is 1.21 bits per heavy atom. The minimum absolute atomic E-state index is 0.0209. The van der Waals surface area contributed by atoms with Crippen molar-refractivity contribution in [3.63, 3.8) is 0 Å². The number of hydrogen-bond donors (Lipinski definition) is 4. The number of hydrogen-bond acceptors (Lipinski definition) is 5. The lowest BCUT2D eigenvalue weighted by molar-refractivity contribution is -0.119. The van der Waals surface area contributed by atoms with E-state index in [1.807, 2.05) is 19.1 Å². The molecule has 13 heteroatoms. The lowest BCUT2D eigenvalue weighted by Crippen LogP contribution is -2.62. The summed E-state index contributed by atoms with van der Waals surface area (Å²) < 4.78 is 31.1. The molecule has 1 saturated heterocycles. The first-order chi connectivity index (χ1) is 17.7. The molecule has 0 radical (unpaired) electrons. The van der Waals surface area contributed by atoms with Gasteiger partial charge < -0.3 is 20.5 Å². The predicted molar refractivity (Wildman–Crippen MR) is 147 cm³/mol. The number of halogens is 1. The van der Waals surface area contributed by atoms with Crippen molar-refractivity contribution < 1.29 is 22.8 Å². The maximum atomic E-state index is 13.6. The maximum absolute atomic E-state index is 13.6. The summed E-state index contributed by atoms with van der Waals surface area (Å²) >= 11 is 6.50. The monoisotopic (exact) mass is 568 g/mol. The summed E-state index contributed by atoms with van der Waals surface area (Å²) in [6.45, 7) is 7.34. The van der Waals surface area contributed by atoms with E-state index in [0.717, 1.165) is 16.5 Å². The van der Waals surface area contributed by atoms with Gasteiger partial charge in [-0.1, -0.05) is 17.7 Å². The highest BCUT2D eigenvalue weighted by molar-refractivity contribution is 7.87. The molecule has 2 aromatic rings. The molecule has 1 unspecified atom stereocenters. The van der Waals surface area contributed by atoms with Crippen LogP contribution in [0.15, 0.2) is 18.2 Å². The molecule has 2 heterocycles. The summed E-state index contributed by atoms with van der Waals surface area (Å²) in [6, 6.07) is 4.48. The molecular formula is C25H37ClN6O5S. The number of carbonyl (C=O) groups is 3. The fourth-order valence-corrected chi connectivity index (χ4v) is 6.26. The SMILES string of the molecule is CC(=O)NCCCC1(NC(=O)c2cc3c(Cl)c(C)ccc3n2C)CCCN(S(=O)(=O)NC(=O)NC(C)C)C1. The number of benzene rings is 1. The number of aryl methyl sites for hydroxylation is 2. The highest BCUT2D eigenvalue weighted by atomic mass is 35.5. The van der Waals surface area contributed by atoms with Gasteiger partial charge in [0.05, 0.1) is 10.6 Å². The van der Waals surface area contributed by atoms with Gasteiger partial charge in [-0.25, -0.2) is 9.52 Å². The largest absolute Gasteiger partial charge is 0.356 e. The van der Waals surface area contributed by atoms with Gasteiger partial charge in [0.15, 0.2) is 0 Å². The van der Waals surface area contributed by atoms with E-state index in [1.165, 1.54) is 11.2 Å². The van der Waals surface area contributed by atoms with Gasteiger partial charge in [0.25, 0.3) is 5.91 Å². The number of amides is 4. The van der Waals surface area contributed by atoms with Crippen molar-refractivity contribution in [3.05, 3.63) is 34.5 Å². The molecule has 0 saturated carbocycles. The maximum Gasteiger partial charge on any atom is 0.329 e. The summed E-state index contributed by atoms with van der Waals surface area (Å²) in [4.78, 5) is 37.1. The molecule has 1 atom stereocenters. The molecule has 0 aliphatic carbocycles. The first-order valence-corrected chi connectivity index (χ1v) is 14.5. The number of piperidine rings is 1. The predicted octanol–water partition coefficient (Wildman–Crippen LogP) is 2.57. The third-order valence-corrected chi connectivity index (χ3v) is 8.63. The Morgan fingerprint density at radius 3 is 2.58 bits per heavy atom. The minimum atomic E-state index is -4.16. The smallest absolute Gasteiger partial charge is 0.329 e. The first kappa shape index (κ1) is 29.7. The summed E-state index contributed by atoms with van der Waals surface area (Å²) in [7, 11) is -2.38. The average molecular weight is 569 g/mol. The molecule has 1 fully saturated rings. The quantitative estimate of drug-likeness (QED) is 0.344. The van der Waals surface area contributed by atoms with Crippen LogP contribution in [0.3, 0.4) is 0 Å². The molecule has 0 bridgehead atoms. The van der Waals surface area contributed by atoms with E-state index in [2.05, 4.69) is 20.7 Å². The fourth-order valence-electron chi connectivity index (χ4n) is 4.84. The van der Waals surface area contributed by atoms with E-state index >= 15 is 0 Å². The van der Waals surface area contributed by atoms with Crippen LogP contribution in [0.25, 0.3) is 10.9 Å². The van der Waals surface area contributed by atoms with Crippen LogP contribution >= 0.6 is 11.6 Å². The summed E-state index contributed by atoms with van der Waals surface area (Å²) in [5.74, 6) is -0.527. The number of rotatable bonds is 9. The Hall–Kier alpha value is -2.83. The summed E-state index contributed by atoms with van der Waals surface area (Å²) in [6.07, 6.45) is 1.96. The molecule has 3 rings (SSSR count). The Labute approximate surface area is 228 Å². The van der Waals surface area contributed by atoms with Crippen molar-refractivity contribution in [1.82, 2.24) is 29.5 Å². The Morgan fingerprint density at radius 2 is 1.92 bits per heavy atom. The van der Waals surface area contributed by atoms with Gasteiger partial charge in [-0.05, 0) is 64.2 Å². The normalized spacial score (nSPS) is 18.4. The molecule has 210 valence electrons. The van der Waals surface area contributed by atoms with Crippen molar-refractivity contribution in [3.8, 4) is 0 Å². The first-order valence-electron chi connectivity index (χ1n) is 12.6. The van der Waals surface area contributed by atoms with Gasteiger partial charge in [-0.15, -0.1) is 0 Å². The molecule has 11 nitrogen and oxygen atoms in total. The Bertz CT molecular complexity index is 1330. The van der Waals surface area contributed by atoms with E-state index in [9.17, 15) is 22.8 Å². The van der Waals surface area contributed by atoms with Crippen LogP contribution in [-0.2, 0) is 22.1 Å². The summed E-state index contributed by atoms with van der Waals surface area (Å²) in [5, 5.41) is 9.70. The van der Waals surface area contributed by atoms with E-state index in [1.54, 1.807) is 31.5 Å². The van der Waals surface area contributed by atoms with E-state index < -0.39 is 21.8 Å². The zero-order chi connectivity index (χ0) is 28.3. The molecule has 4 amide bonds. The number of urea groups is 1. The zero-order valence-electron chi connectivity index (χ0n) is 22.5. The minimum Gasteiger partial charge on any atom is -0.356 e. The third-order valence-electron chi connectivity index (χ3n) is 6.69. The van der Waals surface area contributed by atoms with Crippen LogP contribution < -0.4 is 20.7 Å². The number of nitrogens with one attached hydrogen (secondary N) is 4. The van der Waals surface area contributed by atoms with Gasteiger partial charge in [-0.3, -0.25) is 9.59 Å². The third kappa shape index (κ3) is 6.97. The molecule has 38 heavy (non-hydrogen) atoms. The Balaban J connectivity index is 1.88. The highest BCUT2D eigenvalue weighted by Gasteiger charge is 2.41. The van der Waals surface area contributed by atoms with Gasteiger partial charge in [-0.2, -0.15) is 12.7 Å². The molecule has 4 N–H and O–H groups in total. The number of carbonyl (C=O) groups excluding carboxylic acids is 3. The zero-order valence-corrected chi connectivity index (χ0v) is 24.1. The topological polar surface area (TPSA) is 142 Å². The molecule has 0 spiro atoms. The van der Waals surface area contributed by atoms with Crippen molar-refractivity contribution in [2.24, 2.45) is 7.05 Å². The van der Waals surface area contributed by atoms with E-state index in [4.69, 9.17) is 11.6 Å². The second-order valence-corrected chi connectivity index (χ2v) is 12.3. The van der Waals surface area contributed by atoms with Crippen LogP contribution in [0.4, 0.5) is 4.79 Å². The average Bonchev–Trinajstić information content (AvgIpc) is 3.15. The lowest BCUT2D eigenvalue weighted by Gasteiger charge is -2.42. The second-order valence-electron chi connectivity index (χ2n) is 10.2. The van der Waals surface area contributed by atoms with Gasteiger partial charge in [0.2, 0.25) is 5.91 Å². The van der Waals surface area contributed by atoms with Crippen molar-refractivity contribution in [2.75, 3.05) is 19.6 Å². The van der Waals surface area contributed by atoms with Crippen molar-refractivity contribution in [1.29, 1.82) is 0 Å². The van der Waals surface area contributed by atoms with Crippen LogP contribution in [0.2, 0.25) is 5.02 Å². The van der Waals surface area contributed by atoms with E-state index in [0.29, 0.717) is 42.9 Å². The van der Waals surface area contributed by atoms with Gasteiger partial charge in [0, 0.05) is 50.6 Å². The standard InChI is InChI=1S/C25H37ClN6O5S/c1-16(2)28-24(35)30-38(36,37)32-13-7-11-25(15-32,10-6-12-27-18(4)33)29-23(34)21-14-19-20(31(21)5)9-8-17(3)22(19)26/h8-9,14,16H,6-7,10-13,15H2,1-5H3,(H,27,33)(H,29,34)(H2,28,30,35). The molecule has 1 aromatic heterocycles. The highest BCUT2D eigenvalue weighted by Crippen LogP contribution is 2.31. The van der Waals surface area contributed by atoms with Crippen LogP contribution in [0.1, 0.15) is 62.5 Å². The molecule has 1 aromatic carbocycles. The lowest BCUT2D eigenvalue weighted by atomic mass is 9.85. The Kier molecular flexibility index (Phi) is 9.32. The number of aromatic nitrogens is 1.